The molecule has 1 saturated heterocycles. The minimum absolute atomic E-state index is 0.303. The number of rotatable bonds is 5. The van der Waals surface area contributed by atoms with E-state index in [-0.39, 0.29) is 6.04 Å². The molecule has 6 rings (SSSR count). The molecular weight excluding hydrogens is 397 g/mol. The van der Waals surface area contributed by atoms with Crippen molar-refractivity contribution in [2.24, 2.45) is 0 Å². The summed E-state index contributed by atoms with van der Waals surface area (Å²) < 4.78 is 18.2. The van der Waals surface area contributed by atoms with Crippen LogP contribution in [-0.4, -0.2) is 72.5 Å². The molecule has 0 aromatic carbocycles. The molecule has 9 nitrogen and oxygen atoms in total. The molecule has 0 radical (unpaired) electrons. The number of nitrogens with zero attached hydrogens (tertiary/aromatic N) is 7. The summed E-state index contributed by atoms with van der Waals surface area (Å²) in [5.74, 6) is 1.08. The van der Waals surface area contributed by atoms with E-state index in [1.165, 1.54) is 19.3 Å². The van der Waals surface area contributed by atoms with E-state index < -0.39 is 6.17 Å². The quantitative estimate of drug-likeness (QED) is 0.512. The van der Waals surface area contributed by atoms with Crippen molar-refractivity contribution >= 4 is 22.9 Å². The van der Waals surface area contributed by atoms with Gasteiger partial charge in [-0.05, 0) is 31.0 Å². The van der Waals surface area contributed by atoms with Gasteiger partial charge in [0.2, 0.25) is 5.95 Å². The fraction of sp³-hybridized carbons (Fsp3) is 0.429. The number of nitrogens with one attached hydrogen (secondary N) is 2. The third kappa shape index (κ3) is 3.09. The van der Waals surface area contributed by atoms with E-state index in [1.807, 2.05) is 37.6 Å². The smallest absolute Gasteiger partial charge is 0.243 e. The molecule has 5 heterocycles. The van der Waals surface area contributed by atoms with Crippen molar-refractivity contribution in [3.05, 3.63) is 36.8 Å². The average molecular weight is 421 g/mol. The first-order valence-corrected chi connectivity index (χ1v) is 10.7. The highest BCUT2D eigenvalue weighted by Gasteiger charge is 2.38. The van der Waals surface area contributed by atoms with Gasteiger partial charge in [0.1, 0.15) is 11.7 Å². The zero-order valence-corrected chi connectivity index (χ0v) is 17.2. The molecule has 2 atom stereocenters. The normalized spacial score (nSPS) is 22.3. The number of hydrogen-bond donors (Lipinski definition) is 2. The highest BCUT2D eigenvalue weighted by atomic mass is 19.1. The maximum Gasteiger partial charge on any atom is 0.243 e. The molecule has 4 aromatic rings. The van der Waals surface area contributed by atoms with Crippen molar-refractivity contribution in [2.45, 2.75) is 37.5 Å². The van der Waals surface area contributed by atoms with Gasteiger partial charge in [0.25, 0.3) is 0 Å². The predicted molar refractivity (Wildman–Crippen MR) is 116 cm³/mol. The summed E-state index contributed by atoms with van der Waals surface area (Å²) in [4.78, 5) is 11.1. The predicted octanol–water partition coefficient (Wildman–Crippen LogP) is 2.47. The minimum atomic E-state index is -0.927. The van der Waals surface area contributed by atoms with Crippen molar-refractivity contribution in [1.29, 1.82) is 0 Å². The van der Waals surface area contributed by atoms with Gasteiger partial charge in [0.05, 0.1) is 11.7 Å². The molecule has 31 heavy (non-hydrogen) atoms. The molecule has 1 saturated carbocycles. The molecule has 10 heteroatoms. The number of imidazole rings is 1. The molecule has 2 N–H and O–H groups in total. The number of aromatic nitrogens is 6. The van der Waals surface area contributed by atoms with E-state index >= 15 is 0 Å². The Morgan fingerprint density at radius 1 is 1.06 bits per heavy atom. The summed E-state index contributed by atoms with van der Waals surface area (Å²) in [6.45, 7) is 1.17. The number of alkyl halides is 1. The lowest BCUT2D eigenvalue weighted by atomic mass is 9.92. The monoisotopic (exact) mass is 421 g/mol. The minimum Gasteiger partial charge on any atom is -0.371 e. The summed E-state index contributed by atoms with van der Waals surface area (Å²) >= 11 is 0. The van der Waals surface area contributed by atoms with Crippen LogP contribution < -0.4 is 10.6 Å². The van der Waals surface area contributed by atoms with Crippen LogP contribution in [-0.2, 0) is 0 Å². The van der Waals surface area contributed by atoms with E-state index in [4.69, 9.17) is 0 Å². The first kappa shape index (κ1) is 18.5. The van der Waals surface area contributed by atoms with Crippen LogP contribution in [0.1, 0.15) is 19.3 Å². The lowest BCUT2D eigenvalue weighted by Gasteiger charge is -2.34. The van der Waals surface area contributed by atoms with Gasteiger partial charge in [0.15, 0.2) is 11.5 Å². The van der Waals surface area contributed by atoms with Crippen LogP contribution in [0.5, 0.6) is 0 Å². The second-order valence-electron chi connectivity index (χ2n) is 8.31. The Morgan fingerprint density at radius 3 is 2.77 bits per heavy atom. The highest BCUT2D eigenvalue weighted by Crippen LogP contribution is 2.31. The molecule has 0 spiro atoms. The lowest BCUT2D eigenvalue weighted by molar-refractivity contribution is 0.148. The number of anilines is 2. The fourth-order valence-electron chi connectivity index (χ4n) is 4.57. The topological polar surface area (TPSA) is 87.7 Å². The van der Waals surface area contributed by atoms with Crippen molar-refractivity contribution < 1.29 is 4.39 Å². The van der Waals surface area contributed by atoms with Crippen molar-refractivity contribution in [3.63, 3.8) is 0 Å². The van der Waals surface area contributed by atoms with Gasteiger partial charge in [-0.3, -0.25) is 4.90 Å². The van der Waals surface area contributed by atoms with Crippen LogP contribution in [0.25, 0.3) is 22.4 Å². The van der Waals surface area contributed by atoms with E-state index in [2.05, 4.69) is 35.7 Å². The summed E-state index contributed by atoms with van der Waals surface area (Å²) in [5.41, 5.74) is 3.31. The number of fused-ring (bicyclic) bond motifs is 2. The zero-order chi connectivity index (χ0) is 20.9. The molecule has 0 amide bonds. The molecular formula is C21H24FN9. The van der Waals surface area contributed by atoms with E-state index in [0.717, 1.165) is 22.4 Å². The fourth-order valence-corrected chi connectivity index (χ4v) is 4.57. The van der Waals surface area contributed by atoms with E-state index in [9.17, 15) is 4.39 Å². The Kier molecular flexibility index (Phi) is 4.27. The maximum atomic E-state index is 14.7. The Bertz CT molecular complexity index is 1240. The second-order valence-corrected chi connectivity index (χ2v) is 8.31. The summed E-state index contributed by atoms with van der Waals surface area (Å²) in [6, 6.07) is 6.06. The van der Waals surface area contributed by atoms with Crippen LogP contribution in [0.3, 0.4) is 0 Å². The van der Waals surface area contributed by atoms with Crippen molar-refractivity contribution in [2.75, 3.05) is 30.8 Å². The van der Waals surface area contributed by atoms with Crippen LogP contribution >= 0.6 is 0 Å². The third-order valence-electron chi connectivity index (χ3n) is 6.46. The average Bonchev–Trinajstić information content (AvgIpc) is 3.44. The van der Waals surface area contributed by atoms with Crippen molar-refractivity contribution in [3.8, 4) is 11.3 Å². The van der Waals surface area contributed by atoms with Crippen LogP contribution in [0, 0.1) is 0 Å². The van der Waals surface area contributed by atoms with Gasteiger partial charge in [-0.1, -0.05) is 6.42 Å². The Labute approximate surface area is 178 Å². The lowest BCUT2D eigenvalue weighted by Crippen LogP contribution is -2.39. The van der Waals surface area contributed by atoms with Gasteiger partial charge in [-0.2, -0.15) is 10.1 Å². The maximum absolute atomic E-state index is 14.7. The molecule has 2 aliphatic rings. The SMILES string of the molecule is CNc1nc(NC2CN(C3CCC3)CC2F)nn2ccc(-c3ccc4nccn4n3)c12. The number of halogens is 1. The Morgan fingerprint density at radius 2 is 1.97 bits per heavy atom. The largest absolute Gasteiger partial charge is 0.371 e. The summed E-state index contributed by atoms with van der Waals surface area (Å²) in [6.07, 6.45) is 8.09. The molecule has 160 valence electrons. The molecule has 2 unspecified atom stereocenters. The molecule has 2 fully saturated rings. The standard InChI is InChI=1S/C21H24FN9/c1-23-20-19-14(16-5-6-18-24-8-10-30(18)27-16)7-9-31(19)28-21(26-20)25-17-12-29(11-15(17)22)13-3-2-4-13/h5-10,13,15,17H,2-4,11-12H2,1H3,(H2,23,25,26,28). The summed E-state index contributed by atoms with van der Waals surface area (Å²) in [5, 5.41) is 15.6. The highest BCUT2D eigenvalue weighted by molar-refractivity contribution is 5.87. The number of likely N-dealkylation sites (tertiary alicyclic amines) is 1. The van der Waals surface area contributed by atoms with Gasteiger partial charge in [-0.25, -0.2) is 18.4 Å². The molecule has 1 aliphatic heterocycles. The van der Waals surface area contributed by atoms with Crippen LogP contribution in [0.15, 0.2) is 36.8 Å². The first-order valence-electron chi connectivity index (χ1n) is 10.7. The first-order chi connectivity index (χ1) is 15.2. The number of hydrogen-bond acceptors (Lipinski definition) is 7. The van der Waals surface area contributed by atoms with Gasteiger partial charge in [0, 0.05) is 50.3 Å². The summed E-state index contributed by atoms with van der Waals surface area (Å²) in [7, 11) is 1.82. The van der Waals surface area contributed by atoms with E-state index in [0.29, 0.717) is 30.9 Å². The van der Waals surface area contributed by atoms with Gasteiger partial charge < -0.3 is 10.6 Å². The van der Waals surface area contributed by atoms with E-state index in [1.54, 1.807) is 15.2 Å². The second kappa shape index (κ2) is 7.16. The van der Waals surface area contributed by atoms with Crippen molar-refractivity contribution in [1.82, 2.24) is 34.1 Å². The van der Waals surface area contributed by atoms with Gasteiger partial charge >= 0.3 is 0 Å². The molecule has 4 aromatic heterocycles. The molecule has 0 bridgehead atoms. The third-order valence-corrected chi connectivity index (χ3v) is 6.46. The zero-order valence-electron chi connectivity index (χ0n) is 17.2. The Hall–Kier alpha value is -3.27. The Balaban J connectivity index is 1.32. The van der Waals surface area contributed by atoms with Gasteiger partial charge in [-0.15, -0.1) is 5.10 Å². The van der Waals surface area contributed by atoms with Crippen LogP contribution in [0.4, 0.5) is 16.2 Å². The molecule has 1 aliphatic carbocycles. The van der Waals surface area contributed by atoms with Crippen LogP contribution in [0.2, 0.25) is 0 Å².